The number of benzene rings is 2. The first kappa shape index (κ1) is 15.2. The Morgan fingerprint density at radius 1 is 1.15 bits per heavy atom. The first-order valence-electron chi connectivity index (χ1n) is 9.66. The van der Waals surface area contributed by atoms with E-state index in [9.17, 15) is 9.65 Å². The minimum Gasteiger partial charge on any atom is -0.378 e. The highest BCUT2D eigenvalue weighted by Gasteiger charge is 2.54. The van der Waals surface area contributed by atoms with Crippen molar-refractivity contribution < 1.29 is 4.39 Å². The van der Waals surface area contributed by atoms with Gasteiger partial charge in [0.05, 0.1) is 29.0 Å². The van der Waals surface area contributed by atoms with Crippen molar-refractivity contribution in [1.29, 1.82) is 5.26 Å². The van der Waals surface area contributed by atoms with Crippen molar-refractivity contribution in [3.63, 3.8) is 0 Å². The van der Waals surface area contributed by atoms with Crippen LogP contribution in [0.5, 0.6) is 0 Å². The molecule has 1 aromatic heterocycles. The molecule has 2 fully saturated rings. The summed E-state index contributed by atoms with van der Waals surface area (Å²) in [7, 11) is 0. The topological polar surface area (TPSA) is 64.5 Å². The van der Waals surface area contributed by atoms with E-state index in [-0.39, 0.29) is 11.6 Å². The van der Waals surface area contributed by atoms with Crippen LogP contribution in [-0.4, -0.2) is 9.97 Å². The third-order valence-corrected chi connectivity index (χ3v) is 7.11. The number of aromatic amines is 1. The molecule has 0 saturated heterocycles. The number of fused-ring (bicyclic) bond motifs is 9. The molecule has 2 aromatic carbocycles. The molecule has 5 atom stereocenters. The van der Waals surface area contributed by atoms with E-state index < -0.39 is 5.82 Å². The molecule has 2 heterocycles. The molecule has 1 aliphatic heterocycles. The van der Waals surface area contributed by atoms with Gasteiger partial charge in [0, 0.05) is 11.3 Å². The molecule has 3 aliphatic rings. The number of imidazole rings is 1. The standard InChI is InChI=1S/C22H19FN4/c23-15-4-3-13(8-14(15)9-24)21-19-12-2-1-11(7-12)18(19)20-16(27-21)5-6-17-22(20)26-10-25-17/h3-6,8,10-12,18-19,21,27H,1-2,7H2,(H,25,26). The van der Waals surface area contributed by atoms with Gasteiger partial charge in [0.1, 0.15) is 11.9 Å². The fraction of sp³-hybridized carbons (Fsp3) is 0.364. The van der Waals surface area contributed by atoms with E-state index in [1.165, 1.54) is 30.9 Å². The molecule has 0 amide bonds. The number of hydrogen-bond donors (Lipinski definition) is 2. The lowest BCUT2D eigenvalue weighted by Gasteiger charge is -2.43. The van der Waals surface area contributed by atoms with Gasteiger partial charge in [-0.25, -0.2) is 9.37 Å². The van der Waals surface area contributed by atoms with Crippen LogP contribution >= 0.6 is 0 Å². The number of nitrogens with zero attached hydrogens (tertiary/aromatic N) is 2. The van der Waals surface area contributed by atoms with Gasteiger partial charge in [0.2, 0.25) is 0 Å². The summed E-state index contributed by atoms with van der Waals surface area (Å²) in [6, 6.07) is 11.3. The summed E-state index contributed by atoms with van der Waals surface area (Å²) in [5.74, 6) is 1.88. The van der Waals surface area contributed by atoms with E-state index in [1.807, 2.05) is 12.1 Å². The Labute approximate surface area is 156 Å². The van der Waals surface area contributed by atoms with Crippen LogP contribution < -0.4 is 5.32 Å². The summed E-state index contributed by atoms with van der Waals surface area (Å²) in [6.45, 7) is 0. The van der Waals surface area contributed by atoms with Gasteiger partial charge in [-0.2, -0.15) is 5.26 Å². The van der Waals surface area contributed by atoms with E-state index in [0.717, 1.165) is 22.3 Å². The van der Waals surface area contributed by atoms with Gasteiger partial charge in [-0.15, -0.1) is 0 Å². The van der Waals surface area contributed by atoms with Gasteiger partial charge < -0.3 is 10.3 Å². The normalized spacial score (nSPS) is 30.6. The van der Waals surface area contributed by atoms with Crippen molar-refractivity contribution in [2.45, 2.75) is 31.2 Å². The molecule has 3 aromatic rings. The molecule has 4 nitrogen and oxygen atoms in total. The Hall–Kier alpha value is -2.87. The van der Waals surface area contributed by atoms with Gasteiger partial charge in [-0.1, -0.05) is 6.07 Å². The van der Waals surface area contributed by atoms with Crippen LogP contribution in [0.2, 0.25) is 0 Å². The summed E-state index contributed by atoms with van der Waals surface area (Å²) in [5.41, 5.74) is 5.80. The molecule has 0 spiro atoms. The number of H-pyrrole nitrogens is 1. The molecule has 2 saturated carbocycles. The Balaban J connectivity index is 1.55. The van der Waals surface area contributed by atoms with Gasteiger partial charge in [-0.05, 0) is 72.8 Å². The van der Waals surface area contributed by atoms with Crippen LogP contribution in [0.3, 0.4) is 0 Å². The van der Waals surface area contributed by atoms with Gasteiger partial charge in [0.25, 0.3) is 0 Å². The molecule has 2 bridgehead atoms. The van der Waals surface area contributed by atoms with Crippen molar-refractivity contribution >= 4 is 16.7 Å². The lowest BCUT2D eigenvalue weighted by molar-refractivity contribution is 0.248. The van der Waals surface area contributed by atoms with Crippen molar-refractivity contribution in [1.82, 2.24) is 9.97 Å². The molecule has 0 radical (unpaired) electrons. The highest BCUT2D eigenvalue weighted by atomic mass is 19.1. The fourth-order valence-corrected chi connectivity index (χ4v) is 6.13. The first-order chi connectivity index (χ1) is 13.2. The zero-order chi connectivity index (χ0) is 18.1. The summed E-state index contributed by atoms with van der Waals surface area (Å²) in [6.07, 6.45) is 5.59. The van der Waals surface area contributed by atoms with E-state index >= 15 is 0 Å². The lowest BCUT2D eigenvalue weighted by Crippen LogP contribution is -2.35. The Morgan fingerprint density at radius 3 is 2.93 bits per heavy atom. The third kappa shape index (κ3) is 1.98. The van der Waals surface area contributed by atoms with Crippen molar-refractivity contribution in [2.24, 2.45) is 17.8 Å². The highest BCUT2D eigenvalue weighted by Crippen LogP contribution is 2.64. The molecule has 6 rings (SSSR count). The molecular formula is C22H19FN4. The molecular weight excluding hydrogens is 339 g/mol. The minimum atomic E-state index is -0.444. The van der Waals surface area contributed by atoms with Crippen LogP contribution in [0.25, 0.3) is 11.0 Å². The summed E-state index contributed by atoms with van der Waals surface area (Å²) >= 11 is 0. The average molecular weight is 358 g/mol. The zero-order valence-electron chi connectivity index (χ0n) is 14.7. The predicted molar refractivity (Wildman–Crippen MR) is 101 cm³/mol. The molecule has 2 N–H and O–H groups in total. The second-order valence-corrected chi connectivity index (χ2v) is 8.23. The SMILES string of the molecule is N#Cc1cc(C2Nc3ccc4[nH]cnc4c3C3C4CCC(C4)C23)ccc1F. The molecule has 5 heteroatoms. The maximum atomic E-state index is 13.9. The monoisotopic (exact) mass is 358 g/mol. The molecule has 27 heavy (non-hydrogen) atoms. The van der Waals surface area contributed by atoms with E-state index in [2.05, 4.69) is 27.4 Å². The van der Waals surface area contributed by atoms with Crippen LogP contribution in [0.15, 0.2) is 36.7 Å². The van der Waals surface area contributed by atoms with Crippen LogP contribution in [0.1, 0.15) is 47.9 Å². The Bertz CT molecular complexity index is 1110. The second-order valence-electron chi connectivity index (χ2n) is 8.23. The summed E-state index contributed by atoms with van der Waals surface area (Å²) in [5, 5.41) is 13.0. The smallest absolute Gasteiger partial charge is 0.140 e. The number of rotatable bonds is 1. The minimum absolute atomic E-state index is 0.113. The van der Waals surface area contributed by atoms with Crippen molar-refractivity contribution in [3.8, 4) is 6.07 Å². The van der Waals surface area contributed by atoms with Gasteiger partial charge in [0.15, 0.2) is 0 Å². The van der Waals surface area contributed by atoms with Crippen LogP contribution in [-0.2, 0) is 0 Å². The van der Waals surface area contributed by atoms with Crippen LogP contribution in [0, 0.1) is 34.9 Å². The largest absolute Gasteiger partial charge is 0.378 e. The van der Waals surface area contributed by atoms with E-state index in [1.54, 1.807) is 12.4 Å². The quantitative estimate of drug-likeness (QED) is 0.652. The third-order valence-electron chi connectivity index (χ3n) is 7.11. The number of nitriles is 1. The maximum Gasteiger partial charge on any atom is 0.140 e. The van der Waals surface area contributed by atoms with Crippen molar-refractivity contribution in [2.75, 3.05) is 5.32 Å². The van der Waals surface area contributed by atoms with E-state index in [0.29, 0.717) is 23.7 Å². The van der Waals surface area contributed by atoms with Crippen LogP contribution in [0.4, 0.5) is 10.1 Å². The maximum absolute atomic E-state index is 13.9. The lowest BCUT2D eigenvalue weighted by atomic mass is 9.67. The average Bonchev–Trinajstić information content (AvgIpc) is 3.43. The summed E-state index contributed by atoms with van der Waals surface area (Å²) < 4.78 is 13.9. The number of nitrogens with one attached hydrogen (secondary N) is 2. The Kier molecular flexibility index (Phi) is 3.00. The fourth-order valence-electron chi connectivity index (χ4n) is 6.13. The number of anilines is 1. The summed E-state index contributed by atoms with van der Waals surface area (Å²) in [4.78, 5) is 7.87. The van der Waals surface area contributed by atoms with Gasteiger partial charge >= 0.3 is 0 Å². The molecule has 134 valence electrons. The number of halogens is 1. The predicted octanol–water partition coefficient (Wildman–Crippen LogP) is 4.87. The zero-order valence-corrected chi connectivity index (χ0v) is 14.7. The number of aromatic nitrogens is 2. The first-order valence-corrected chi connectivity index (χ1v) is 9.66. The van der Waals surface area contributed by atoms with Crippen molar-refractivity contribution in [3.05, 3.63) is 59.2 Å². The van der Waals surface area contributed by atoms with E-state index in [4.69, 9.17) is 0 Å². The highest BCUT2D eigenvalue weighted by molar-refractivity contribution is 5.86. The number of hydrogen-bond acceptors (Lipinski definition) is 3. The second kappa shape index (κ2) is 5.32. The molecule has 2 aliphatic carbocycles. The molecule has 5 unspecified atom stereocenters. The van der Waals surface area contributed by atoms with Gasteiger partial charge in [-0.3, -0.25) is 0 Å². The Morgan fingerprint density at radius 2 is 2.04 bits per heavy atom.